The third-order valence-corrected chi connectivity index (χ3v) is 6.40. The third kappa shape index (κ3) is 7.84. The van der Waals surface area contributed by atoms with Gasteiger partial charge in [0.2, 0.25) is 5.91 Å². The number of rotatable bonds is 9. The summed E-state index contributed by atoms with van der Waals surface area (Å²) in [6.07, 6.45) is -1.50. The average Bonchev–Trinajstić information content (AvgIpc) is 3.24. The minimum Gasteiger partial charge on any atom is -0.480 e. The zero-order chi connectivity index (χ0) is 29.6. The van der Waals surface area contributed by atoms with Crippen molar-refractivity contribution in [3.05, 3.63) is 89.5 Å². The van der Waals surface area contributed by atoms with Crippen molar-refractivity contribution in [3.63, 3.8) is 0 Å². The molecule has 10 heteroatoms. The van der Waals surface area contributed by atoms with E-state index in [1.165, 1.54) is 0 Å². The molecule has 1 aliphatic carbocycles. The summed E-state index contributed by atoms with van der Waals surface area (Å²) in [6.45, 7) is 4.90. The smallest absolute Gasteiger partial charge is 0.408 e. The number of carboxylic acids is 1. The fourth-order valence-electron chi connectivity index (χ4n) is 4.62. The van der Waals surface area contributed by atoms with Gasteiger partial charge in [-0.2, -0.15) is 0 Å². The number of anilines is 1. The molecule has 3 aromatic carbocycles. The number of fused-ring (bicyclic) bond motifs is 3. The fourth-order valence-corrected chi connectivity index (χ4v) is 4.62. The Labute approximate surface area is 238 Å². The Morgan fingerprint density at radius 3 is 2.00 bits per heavy atom. The standard InChI is InChI=1S/C31H33N3O7/c1-31(2,3)41-30(39)34-26(28(36)37)16-19-12-14-20(15-13-19)33-27(35)17-32-29(38)40-18-25-23-10-6-4-8-21(23)22-9-5-7-11-24(22)25/h4-15,25-26H,16-18H2,1-3H3,(H,32,38)(H,33,35)(H,34,39)(H,36,37)/t26-/m0/s1. The number of nitrogens with one attached hydrogen (secondary N) is 3. The molecule has 3 amide bonds. The number of carbonyl (C=O) groups is 4. The molecule has 41 heavy (non-hydrogen) atoms. The number of hydrogen-bond donors (Lipinski definition) is 4. The van der Waals surface area contributed by atoms with Crippen molar-refractivity contribution in [2.75, 3.05) is 18.5 Å². The molecule has 0 saturated carbocycles. The van der Waals surface area contributed by atoms with Crippen molar-refractivity contribution in [2.45, 2.75) is 44.8 Å². The summed E-state index contributed by atoms with van der Waals surface area (Å²) >= 11 is 0. The summed E-state index contributed by atoms with van der Waals surface area (Å²) in [7, 11) is 0. The molecule has 4 rings (SSSR count). The molecular formula is C31H33N3O7. The first-order valence-corrected chi connectivity index (χ1v) is 13.2. The van der Waals surface area contributed by atoms with Gasteiger partial charge in [-0.1, -0.05) is 60.7 Å². The van der Waals surface area contributed by atoms with Gasteiger partial charge in [-0.05, 0) is 60.7 Å². The minimum absolute atomic E-state index is 0.0200. The van der Waals surface area contributed by atoms with Crippen LogP contribution in [0.25, 0.3) is 11.1 Å². The van der Waals surface area contributed by atoms with Crippen molar-refractivity contribution in [1.29, 1.82) is 0 Å². The van der Waals surface area contributed by atoms with E-state index in [2.05, 4.69) is 28.1 Å². The molecule has 0 fully saturated rings. The van der Waals surface area contributed by atoms with Gasteiger partial charge in [0.05, 0.1) is 0 Å². The van der Waals surface area contributed by atoms with Gasteiger partial charge in [0, 0.05) is 18.0 Å². The van der Waals surface area contributed by atoms with E-state index in [9.17, 15) is 24.3 Å². The second kappa shape index (κ2) is 12.5. The van der Waals surface area contributed by atoms with E-state index in [1.54, 1.807) is 45.0 Å². The van der Waals surface area contributed by atoms with E-state index in [0.29, 0.717) is 11.3 Å². The van der Waals surface area contributed by atoms with Crippen molar-refractivity contribution < 1.29 is 33.8 Å². The van der Waals surface area contributed by atoms with E-state index in [0.717, 1.165) is 22.3 Å². The van der Waals surface area contributed by atoms with E-state index in [-0.39, 0.29) is 25.5 Å². The second-order valence-electron chi connectivity index (χ2n) is 10.7. The quantitative estimate of drug-likeness (QED) is 0.298. The second-order valence-corrected chi connectivity index (χ2v) is 10.7. The summed E-state index contributed by atoms with van der Waals surface area (Å²) < 4.78 is 10.6. The molecule has 3 aromatic rings. The molecule has 0 spiro atoms. The highest BCUT2D eigenvalue weighted by Crippen LogP contribution is 2.44. The Morgan fingerprint density at radius 1 is 0.854 bits per heavy atom. The summed E-state index contributed by atoms with van der Waals surface area (Å²) in [5.41, 5.74) is 4.77. The minimum atomic E-state index is -1.20. The highest BCUT2D eigenvalue weighted by molar-refractivity contribution is 5.93. The maximum atomic E-state index is 12.4. The lowest BCUT2D eigenvalue weighted by atomic mass is 9.98. The van der Waals surface area contributed by atoms with E-state index >= 15 is 0 Å². The Balaban J connectivity index is 1.23. The van der Waals surface area contributed by atoms with Crippen LogP contribution in [0.1, 0.15) is 43.4 Å². The van der Waals surface area contributed by atoms with Gasteiger partial charge in [0.1, 0.15) is 24.8 Å². The van der Waals surface area contributed by atoms with Crippen LogP contribution in [0.15, 0.2) is 72.8 Å². The number of hydrogen-bond acceptors (Lipinski definition) is 6. The molecule has 1 aliphatic rings. The van der Waals surface area contributed by atoms with Crippen LogP contribution < -0.4 is 16.0 Å². The zero-order valence-corrected chi connectivity index (χ0v) is 23.1. The van der Waals surface area contributed by atoms with Crippen LogP contribution in [0.3, 0.4) is 0 Å². The van der Waals surface area contributed by atoms with Crippen LogP contribution in [-0.4, -0.2) is 54.0 Å². The zero-order valence-electron chi connectivity index (χ0n) is 23.1. The summed E-state index contributed by atoms with van der Waals surface area (Å²) in [6, 6.07) is 21.3. The van der Waals surface area contributed by atoms with Gasteiger partial charge in [0.15, 0.2) is 0 Å². The number of carbonyl (C=O) groups excluding carboxylic acids is 3. The Morgan fingerprint density at radius 2 is 1.44 bits per heavy atom. The molecule has 0 bridgehead atoms. The summed E-state index contributed by atoms with van der Waals surface area (Å²) in [5, 5.41) is 17.0. The Bertz CT molecular complexity index is 1380. The topological polar surface area (TPSA) is 143 Å². The van der Waals surface area contributed by atoms with Crippen LogP contribution >= 0.6 is 0 Å². The highest BCUT2D eigenvalue weighted by atomic mass is 16.6. The monoisotopic (exact) mass is 559 g/mol. The van der Waals surface area contributed by atoms with Gasteiger partial charge in [-0.25, -0.2) is 14.4 Å². The lowest BCUT2D eigenvalue weighted by molar-refractivity contribution is -0.139. The average molecular weight is 560 g/mol. The largest absolute Gasteiger partial charge is 0.480 e. The fraction of sp³-hybridized carbons (Fsp3) is 0.290. The van der Waals surface area contributed by atoms with Crippen molar-refractivity contribution in [2.24, 2.45) is 0 Å². The molecule has 214 valence electrons. The number of alkyl carbamates (subject to hydrolysis) is 2. The van der Waals surface area contributed by atoms with Gasteiger partial charge < -0.3 is 30.5 Å². The van der Waals surface area contributed by atoms with Crippen LogP contribution in [0.4, 0.5) is 15.3 Å². The Hall–Kier alpha value is -4.86. The number of aliphatic carboxylic acids is 1. The number of amides is 3. The van der Waals surface area contributed by atoms with Crippen molar-refractivity contribution in [1.82, 2.24) is 10.6 Å². The van der Waals surface area contributed by atoms with E-state index in [4.69, 9.17) is 9.47 Å². The molecule has 0 radical (unpaired) electrons. The predicted octanol–water partition coefficient (Wildman–Crippen LogP) is 4.68. The SMILES string of the molecule is CC(C)(C)OC(=O)N[C@@H](Cc1ccc(NC(=O)CNC(=O)OCC2c3ccccc3-c3ccccc32)cc1)C(=O)O. The maximum Gasteiger partial charge on any atom is 0.408 e. The third-order valence-electron chi connectivity index (χ3n) is 6.40. The molecule has 0 heterocycles. The van der Waals surface area contributed by atoms with Gasteiger partial charge in [0.25, 0.3) is 0 Å². The molecule has 1 atom stereocenters. The first-order valence-electron chi connectivity index (χ1n) is 13.2. The first kappa shape index (κ1) is 29.1. The molecule has 10 nitrogen and oxygen atoms in total. The van der Waals surface area contributed by atoms with Gasteiger partial charge >= 0.3 is 18.2 Å². The predicted molar refractivity (Wildman–Crippen MR) is 153 cm³/mol. The molecule has 0 saturated heterocycles. The summed E-state index contributed by atoms with van der Waals surface area (Å²) in [5.74, 6) is -1.74. The summed E-state index contributed by atoms with van der Waals surface area (Å²) in [4.78, 5) is 48.3. The first-order chi connectivity index (χ1) is 19.5. The highest BCUT2D eigenvalue weighted by Gasteiger charge is 2.29. The maximum absolute atomic E-state index is 12.4. The molecular weight excluding hydrogens is 526 g/mol. The van der Waals surface area contributed by atoms with Crippen molar-refractivity contribution >= 4 is 29.8 Å². The number of ether oxygens (including phenoxy) is 2. The van der Waals surface area contributed by atoms with E-state index in [1.807, 2.05) is 36.4 Å². The Kier molecular flexibility index (Phi) is 8.91. The van der Waals surface area contributed by atoms with Gasteiger partial charge in [-0.3, -0.25) is 4.79 Å². The van der Waals surface area contributed by atoms with Gasteiger partial charge in [-0.15, -0.1) is 0 Å². The lowest BCUT2D eigenvalue weighted by Crippen LogP contribution is -2.44. The van der Waals surface area contributed by atoms with Crippen LogP contribution in [0.5, 0.6) is 0 Å². The molecule has 4 N–H and O–H groups in total. The lowest BCUT2D eigenvalue weighted by Gasteiger charge is -2.22. The molecule has 0 aliphatic heterocycles. The normalized spacial score (nSPS) is 12.9. The van der Waals surface area contributed by atoms with Crippen LogP contribution in [-0.2, 0) is 25.5 Å². The molecule has 0 unspecified atom stereocenters. The van der Waals surface area contributed by atoms with Crippen LogP contribution in [0, 0.1) is 0 Å². The van der Waals surface area contributed by atoms with Crippen LogP contribution in [0.2, 0.25) is 0 Å². The number of carboxylic acid groups (broad SMARTS) is 1. The number of benzene rings is 3. The van der Waals surface area contributed by atoms with Crippen molar-refractivity contribution in [3.8, 4) is 11.1 Å². The van der Waals surface area contributed by atoms with E-state index < -0.39 is 35.7 Å². The molecule has 0 aromatic heterocycles.